The van der Waals surface area contributed by atoms with Gasteiger partial charge in [0.2, 0.25) is 5.91 Å². The Labute approximate surface area is 127 Å². The zero-order valence-corrected chi connectivity index (χ0v) is 12.1. The number of allylic oxidation sites excluding steroid dienone is 2. The summed E-state index contributed by atoms with van der Waals surface area (Å²) < 4.78 is 4.62. The molecule has 1 aromatic rings. The Hall–Kier alpha value is -2.63. The number of benzene rings is 1. The molecule has 0 radical (unpaired) electrons. The van der Waals surface area contributed by atoms with Crippen molar-refractivity contribution >= 4 is 23.5 Å². The molecule has 0 saturated carbocycles. The van der Waals surface area contributed by atoms with E-state index >= 15 is 0 Å². The van der Waals surface area contributed by atoms with E-state index in [0.717, 1.165) is 0 Å². The Balaban J connectivity index is 2.13. The second-order valence-electron chi connectivity index (χ2n) is 5.06. The molecule has 1 aliphatic rings. The fraction of sp³-hybridized carbons (Fsp3) is 0.312. The summed E-state index contributed by atoms with van der Waals surface area (Å²) in [7, 11) is 1.28. The largest absolute Gasteiger partial charge is 0.481 e. The molecule has 0 spiro atoms. The van der Waals surface area contributed by atoms with Crippen LogP contribution in [0.1, 0.15) is 23.2 Å². The molecule has 0 fully saturated rings. The van der Waals surface area contributed by atoms with Gasteiger partial charge in [-0.05, 0) is 31.0 Å². The minimum Gasteiger partial charge on any atom is -0.481 e. The van der Waals surface area contributed by atoms with E-state index in [4.69, 9.17) is 0 Å². The van der Waals surface area contributed by atoms with Crippen LogP contribution in [0.4, 0.5) is 5.69 Å². The van der Waals surface area contributed by atoms with E-state index in [-0.39, 0.29) is 5.91 Å². The summed E-state index contributed by atoms with van der Waals surface area (Å²) in [6, 6.07) is 6.33. The Morgan fingerprint density at radius 3 is 2.50 bits per heavy atom. The van der Waals surface area contributed by atoms with Gasteiger partial charge >= 0.3 is 11.9 Å². The van der Waals surface area contributed by atoms with Crippen molar-refractivity contribution < 1.29 is 24.2 Å². The predicted octanol–water partition coefficient (Wildman–Crippen LogP) is 2.08. The maximum absolute atomic E-state index is 12.3. The Bertz CT molecular complexity index is 623. The highest BCUT2D eigenvalue weighted by molar-refractivity contribution is 5.97. The fourth-order valence-corrected chi connectivity index (χ4v) is 2.45. The third-order valence-corrected chi connectivity index (χ3v) is 3.64. The van der Waals surface area contributed by atoms with E-state index in [1.165, 1.54) is 13.2 Å². The predicted molar refractivity (Wildman–Crippen MR) is 79.4 cm³/mol. The van der Waals surface area contributed by atoms with Gasteiger partial charge in [-0.3, -0.25) is 9.59 Å². The molecule has 1 aliphatic carbocycles. The average Bonchev–Trinajstić information content (AvgIpc) is 2.54. The van der Waals surface area contributed by atoms with Crippen LogP contribution < -0.4 is 5.32 Å². The molecule has 22 heavy (non-hydrogen) atoms. The minimum absolute atomic E-state index is 0.318. The number of aliphatic carboxylic acids is 1. The number of carboxylic acid groups (broad SMARTS) is 1. The maximum atomic E-state index is 12.3. The zero-order chi connectivity index (χ0) is 16.1. The molecule has 1 aromatic carbocycles. The number of hydrogen-bond donors (Lipinski definition) is 2. The molecule has 2 atom stereocenters. The molecule has 116 valence electrons. The first-order chi connectivity index (χ1) is 10.5. The van der Waals surface area contributed by atoms with E-state index in [0.29, 0.717) is 24.1 Å². The molecular formula is C16H17NO5. The van der Waals surface area contributed by atoms with Crippen LogP contribution in [-0.2, 0) is 14.3 Å². The smallest absolute Gasteiger partial charge is 0.337 e. The van der Waals surface area contributed by atoms with E-state index in [1.807, 2.05) is 6.08 Å². The van der Waals surface area contributed by atoms with E-state index in [1.54, 1.807) is 24.3 Å². The third kappa shape index (κ3) is 3.52. The van der Waals surface area contributed by atoms with Crippen LogP contribution in [0.15, 0.2) is 36.4 Å². The molecule has 0 bridgehead atoms. The number of methoxy groups -OCH3 is 1. The van der Waals surface area contributed by atoms with Crippen molar-refractivity contribution in [2.24, 2.45) is 11.8 Å². The average molecular weight is 303 g/mol. The minimum atomic E-state index is -0.979. The number of nitrogens with one attached hydrogen (secondary N) is 1. The number of rotatable bonds is 4. The van der Waals surface area contributed by atoms with Gasteiger partial charge in [0.1, 0.15) is 0 Å². The lowest BCUT2D eigenvalue weighted by Gasteiger charge is -2.24. The van der Waals surface area contributed by atoms with Crippen molar-refractivity contribution in [1.29, 1.82) is 0 Å². The molecule has 2 N–H and O–H groups in total. The van der Waals surface area contributed by atoms with Gasteiger partial charge in [0, 0.05) is 5.69 Å². The summed E-state index contributed by atoms with van der Waals surface area (Å²) in [6.07, 6.45) is 4.32. The van der Waals surface area contributed by atoms with Crippen LogP contribution in [0.25, 0.3) is 0 Å². The van der Waals surface area contributed by atoms with Crippen LogP contribution >= 0.6 is 0 Å². The summed E-state index contributed by atoms with van der Waals surface area (Å²) in [5.41, 5.74) is 0.755. The van der Waals surface area contributed by atoms with Crippen LogP contribution in [0, 0.1) is 11.8 Å². The number of carbonyl (C=O) groups excluding carboxylic acids is 2. The number of hydrogen-bond acceptors (Lipinski definition) is 4. The fourth-order valence-electron chi connectivity index (χ4n) is 2.45. The van der Waals surface area contributed by atoms with Gasteiger partial charge in [0.05, 0.1) is 24.5 Å². The van der Waals surface area contributed by atoms with E-state index in [2.05, 4.69) is 10.1 Å². The Morgan fingerprint density at radius 2 is 1.86 bits per heavy atom. The molecule has 2 rings (SSSR count). The Morgan fingerprint density at radius 1 is 1.18 bits per heavy atom. The van der Waals surface area contributed by atoms with Gasteiger partial charge < -0.3 is 15.2 Å². The van der Waals surface area contributed by atoms with Gasteiger partial charge in [-0.25, -0.2) is 4.79 Å². The normalized spacial score (nSPS) is 20.2. The second-order valence-corrected chi connectivity index (χ2v) is 5.06. The number of ether oxygens (including phenoxy) is 1. The van der Waals surface area contributed by atoms with E-state index < -0.39 is 23.8 Å². The highest BCUT2D eigenvalue weighted by Gasteiger charge is 2.33. The SMILES string of the molecule is COC(=O)c1cccc(NC(=O)C2CC=CCC2C(=O)O)c1. The van der Waals surface area contributed by atoms with Crippen LogP contribution in [0.3, 0.4) is 0 Å². The monoisotopic (exact) mass is 303 g/mol. The van der Waals surface area contributed by atoms with Crippen molar-refractivity contribution in [2.45, 2.75) is 12.8 Å². The van der Waals surface area contributed by atoms with Gasteiger partial charge in [-0.1, -0.05) is 18.2 Å². The zero-order valence-electron chi connectivity index (χ0n) is 12.1. The first-order valence-electron chi connectivity index (χ1n) is 6.90. The number of amides is 1. The van der Waals surface area contributed by atoms with Gasteiger partial charge in [-0.15, -0.1) is 0 Å². The van der Waals surface area contributed by atoms with E-state index in [9.17, 15) is 19.5 Å². The summed E-state index contributed by atoms with van der Waals surface area (Å²) in [5.74, 6) is -3.19. The van der Waals surface area contributed by atoms with Crippen LogP contribution in [-0.4, -0.2) is 30.1 Å². The van der Waals surface area contributed by atoms with Crippen molar-refractivity contribution in [1.82, 2.24) is 0 Å². The number of esters is 1. The highest BCUT2D eigenvalue weighted by atomic mass is 16.5. The Kier molecular flexibility index (Phi) is 4.93. The molecule has 6 heteroatoms. The maximum Gasteiger partial charge on any atom is 0.337 e. The topological polar surface area (TPSA) is 92.7 Å². The molecule has 6 nitrogen and oxygen atoms in total. The van der Waals surface area contributed by atoms with Gasteiger partial charge in [-0.2, -0.15) is 0 Å². The summed E-state index contributed by atoms with van der Waals surface area (Å²) in [6.45, 7) is 0. The first-order valence-corrected chi connectivity index (χ1v) is 6.90. The molecule has 0 heterocycles. The number of carbonyl (C=O) groups is 3. The third-order valence-electron chi connectivity index (χ3n) is 3.64. The molecule has 0 saturated heterocycles. The standard InChI is InChI=1S/C16H17NO5/c1-22-16(21)10-5-4-6-11(9-10)17-14(18)12-7-2-3-8-13(12)15(19)20/h2-6,9,12-13H,7-8H2,1H3,(H,17,18)(H,19,20). The van der Waals surface area contributed by atoms with Crippen molar-refractivity contribution in [3.05, 3.63) is 42.0 Å². The molecule has 1 amide bonds. The lowest BCUT2D eigenvalue weighted by atomic mass is 9.82. The van der Waals surface area contributed by atoms with Crippen molar-refractivity contribution in [3.63, 3.8) is 0 Å². The lowest BCUT2D eigenvalue weighted by molar-refractivity contribution is -0.146. The van der Waals surface area contributed by atoms with Crippen molar-refractivity contribution in [2.75, 3.05) is 12.4 Å². The summed E-state index contributed by atoms with van der Waals surface area (Å²) in [5, 5.41) is 11.9. The van der Waals surface area contributed by atoms with Gasteiger partial charge in [0.15, 0.2) is 0 Å². The number of carboxylic acids is 1. The first kappa shape index (κ1) is 15.8. The summed E-state index contributed by atoms with van der Waals surface area (Å²) >= 11 is 0. The lowest BCUT2D eigenvalue weighted by Crippen LogP contribution is -2.34. The second kappa shape index (κ2) is 6.89. The highest BCUT2D eigenvalue weighted by Crippen LogP contribution is 2.27. The van der Waals surface area contributed by atoms with Crippen molar-refractivity contribution in [3.8, 4) is 0 Å². The summed E-state index contributed by atoms with van der Waals surface area (Å²) in [4.78, 5) is 35.0. The molecular weight excluding hydrogens is 286 g/mol. The van der Waals surface area contributed by atoms with Gasteiger partial charge in [0.25, 0.3) is 0 Å². The molecule has 0 aliphatic heterocycles. The molecule has 0 aromatic heterocycles. The number of anilines is 1. The molecule has 2 unspecified atom stereocenters. The quantitative estimate of drug-likeness (QED) is 0.656. The van der Waals surface area contributed by atoms with Crippen LogP contribution in [0.5, 0.6) is 0 Å². The van der Waals surface area contributed by atoms with Crippen LogP contribution in [0.2, 0.25) is 0 Å².